The predicted molar refractivity (Wildman–Crippen MR) is 162 cm³/mol. The van der Waals surface area contributed by atoms with Gasteiger partial charge in [-0.2, -0.15) is 10.2 Å². The predicted octanol–water partition coefficient (Wildman–Crippen LogP) is 4.52. The van der Waals surface area contributed by atoms with E-state index >= 15 is 4.39 Å². The molecule has 2 amide bonds. The SMILES string of the molecule is Cc1cc(-c2c(C)ccc3nn(C)cc23)cc([C@H](CC(=O)O)NC(=O)[C@H](CC(C)C)NC(=O)c2cccn3ncnc23)c1F. The smallest absolute Gasteiger partial charge is 0.305 e. The van der Waals surface area contributed by atoms with E-state index in [1.807, 2.05) is 46.1 Å². The highest BCUT2D eigenvalue weighted by molar-refractivity contribution is 6.02. The Morgan fingerprint density at radius 2 is 1.84 bits per heavy atom. The number of amides is 2. The zero-order valence-electron chi connectivity index (χ0n) is 25.1. The molecule has 2 aromatic carbocycles. The number of aromatic nitrogens is 5. The summed E-state index contributed by atoms with van der Waals surface area (Å²) >= 11 is 0. The molecule has 5 aromatic rings. The zero-order valence-corrected chi connectivity index (χ0v) is 25.1. The number of fused-ring (bicyclic) bond motifs is 2. The average molecular weight is 600 g/mol. The lowest BCUT2D eigenvalue weighted by Gasteiger charge is -2.25. The number of hydrogen-bond donors (Lipinski definition) is 3. The van der Waals surface area contributed by atoms with Crippen molar-refractivity contribution in [3.63, 3.8) is 0 Å². The highest BCUT2D eigenvalue weighted by atomic mass is 19.1. The number of carboxylic acid groups (broad SMARTS) is 1. The first-order valence-corrected chi connectivity index (χ1v) is 14.3. The lowest BCUT2D eigenvalue weighted by molar-refractivity contribution is -0.137. The Bertz CT molecular complexity index is 1890. The second-order valence-corrected chi connectivity index (χ2v) is 11.5. The van der Waals surface area contributed by atoms with Crippen molar-refractivity contribution in [2.45, 2.75) is 52.6 Å². The Hall–Kier alpha value is -5.13. The highest BCUT2D eigenvalue weighted by Gasteiger charge is 2.29. The first-order valence-electron chi connectivity index (χ1n) is 14.3. The maximum Gasteiger partial charge on any atom is 0.305 e. The van der Waals surface area contributed by atoms with E-state index in [-0.39, 0.29) is 23.5 Å². The number of nitrogens with zero attached hydrogens (tertiary/aromatic N) is 5. The van der Waals surface area contributed by atoms with Gasteiger partial charge in [-0.15, -0.1) is 0 Å². The summed E-state index contributed by atoms with van der Waals surface area (Å²) < 4.78 is 18.9. The molecule has 0 aliphatic rings. The van der Waals surface area contributed by atoms with Crippen LogP contribution in [-0.2, 0) is 16.6 Å². The summed E-state index contributed by atoms with van der Waals surface area (Å²) in [6, 6.07) is 8.12. The van der Waals surface area contributed by atoms with Gasteiger partial charge in [-0.05, 0) is 78.8 Å². The number of benzene rings is 2. The van der Waals surface area contributed by atoms with E-state index in [0.29, 0.717) is 16.8 Å². The molecule has 44 heavy (non-hydrogen) atoms. The molecule has 0 saturated carbocycles. The van der Waals surface area contributed by atoms with Crippen LogP contribution in [0.2, 0.25) is 0 Å². The molecular formula is C32H34FN7O4. The van der Waals surface area contributed by atoms with Crippen LogP contribution in [0, 0.1) is 25.6 Å². The Morgan fingerprint density at radius 1 is 1.07 bits per heavy atom. The Morgan fingerprint density at radius 3 is 2.57 bits per heavy atom. The molecule has 0 unspecified atom stereocenters. The van der Waals surface area contributed by atoms with Crippen LogP contribution in [0.25, 0.3) is 27.7 Å². The first kappa shape index (κ1) is 30.3. The third-order valence-corrected chi connectivity index (χ3v) is 7.53. The Kier molecular flexibility index (Phi) is 8.43. The molecule has 0 aliphatic heterocycles. The minimum atomic E-state index is -1.22. The fourth-order valence-electron chi connectivity index (χ4n) is 5.55. The van der Waals surface area contributed by atoms with Gasteiger partial charge in [0, 0.05) is 30.4 Å². The average Bonchev–Trinajstić information content (AvgIpc) is 3.59. The van der Waals surface area contributed by atoms with Gasteiger partial charge in [0.1, 0.15) is 18.2 Å². The Labute approximate surface area is 253 Å². The molecule has 0 spiro atoms. The van der Waals surface area contributed by atoms with Crippen LogP contribution >= 0.6 is 0 Å². The standard InChI is InChI=1S/C32H34FN7O4/c1-17(2)11-26(37-31(43)21-7-6-10-40-30(21)34-16-35-40)32(44)36-25(14-27(41)42)22-13-20(12-19(4)29(22)33)28-18(3)8-9-24-23(28)15-39(5)38-24/h6-10,12-13,15-17,25-26H,11,14H2,1-5H3,(H,36,44)(H,37,43)(H,41,42)/t25-,26-/m0/s1. The van der Waals surface area contributed by atoms with Crippen molar-refractivity contribution < 1.29 is 23.9 Å². The second kappa shape index (κ2) is 12.2. The summed E-state index contributed by atoms with van der Waals surface area (Å²) in [5.41, 5.74) is 4.11. The van der Waals surface area contributed by atoms with Crippen molar-refractivity contribution >= 4 is 34.3 Å². The molecule has 228 valence electrons. The van der Waals surface area contributed by atoms with Gasteiger partial charge >= 0.3 is 5.97 Å². The highest BCUT2D eigenvalue weighted by Crippen LogP contribution is 2.35. The topological polar surface area (TPSA) is 144 Å². The van der Waals surface area contributed by atoms with Gasteiger partial charge in [0.15, 0.2) is 5.65 Å². The number of aliphatic carboxylic acids is 1. The van der Waals surface area contributed by atoms with Crippen LogP contribution in [0.15, 0.2) is 55.1 Å². The van der Waals surface area contributed by atoms with E-state index in [4.69, 9.17) is 0 Å². The minimum Gasteiger partial charge on any atom is -0.481 e. The van der Waals surface area contributed by atoms with Crippen molar-refractivity contribution in [3.05, 3.63) is 83.2 Å². The molecule has 0 saturated heterocycles. The van der Waals surface area contributed by atoms with Crippen LogP contribution in [0.4, 0.5) is 4.39 Å². The van der Waals surface area contributed by atoms with Crippen LogP contribution < -0.4 is 10.6 Å². The van der Waals surface area contributed by atoms with Crippen LogP contribution in [0.3, 0.4) is 0 Å². The van der Waals surface area contributed by atoms with Gasteiger partial charge in [0.2, 0.25) is 5.91 Å². The summed E-state index contributed by atoms with van der Waals surface area (Å²) in [5.74, 6) is -2.99. The number of rotatable bonds is 10. The summed E-state index contributed by atoms with van der Waals surface area (Å²) in [4.78, 5) is 43.1. The molecular weight excluding hydrogens is 565 g/mol. The molecule has 11 nitrogen and oxygen atoms in total. The van der Waals surface area contributed by atoms with Gasteiger partial charge in [-0.25, -0.2) is 13.9 Å². The summed E-state index contributed by atoms with van der Waals surface area (Å²) in [7, 11) is 1.82. The largest absolute Gasteiger partial charge is 0.481 e. The van der Waals surface area contributed by atoms with E-state index in [1.165, 1.54) is 10.8 Å². The van der Waals surface area contributed by atoms with Crippen LogP contribution in [0.1, 0.15) is 59.8 Å². The quantitative estimate of drug-likeness (QED) is 0.214. The molecule has 3 heterocycles. The van der Waals surface area contributed by atoms with Crippen LogP contribution in [0.5, 0.6) is 0 Å². The number of aryl methyl sites for hydroxylation is 3. The van der Waals surface area contributed by atoms with Crippen LogP contribution in [-0.4, -0.2) is 53.3 Å². The molecule has 0 fully saturated rings. The van der Waals surface area contributed by atoms with Crippen molar-refractivity contribution in [2.24, 2.45) is 13.0 Å². The summed E-state index contributed by atoms with van der Waals surface area (Å²) in [6.07, 6.45) is 4.54. The first-order chi connectivity index (χ1) is 20.9. The molecule has 0 radical (unpaired) electrons. The maximum atomic E-state index is 15.8. The minimum absolute atomic E-state index is 0.00175. The molecule has 3 aromatic heterocycles. The molecule has 0 bridgehead atoms. The van der Waals surface area contributed by atoms with Crippen molar-refractivity contribution in [2.75, 3.05) is 0 Å². The second-order valence-electron chi connectivity index (χ2n) is 11.5. The zero-order chi connectivity index (χ0) is 31.7. The van der Waals surface area contributed by atoms with E-state index in [9.17, 15) is 19.5 Å². The number of halogens is 1. The molecule has 12 heteroatoms. The number of nitrogens with one attached hydrogen (secondary N) is 2. The van der Waals surface area contributed by atoms with Crippen molar-refractivity contribution in [1.29, 1.82) is 0 Å². The molecule has 3 N–H and O–H groups in total. The van der Waals surface area contributed by atoms with Gasteiger partial charge in [0.05, 0.1) is 23.5 Å². The van der Waals surface area contributed by atoms with E-state index in [0.717, 1.165) is 22.0 Å². The number of carbonyl (C=O) groups is 3. The van der Waals surface area contributed by atoms with E-state index < -0.39 is 42.1 Å². The van der Waals surface area contributed by atoms with Gasteiger partial charge in [-0.3, -0.25) is 19.1 Å². The third-order valence-electron chi connectivity index (χ3n) is 7.53. The van der Waals surface area contributed by atoms with Crippen molar-refractivity contribution in [3.8, 4) is 11.1 Å². The number of pyridine rings is 1. The molecule has 0 aliphatic carbocycles. The van der Waals surface area contributed by atoms with E-state index in [2.05, 4.69) is 25.8 Å². The van der Waals surface area contributed by atoms with Gasteiger partial charge in [0.25, 0.3) is 5.91 Å². The monoisotopic (exact) mass is 599 g/mol. The Balaban J connectivity index is 1.50. The molecule has 5 rings (SSSR count). The lowest BCUT2D eigenvalue weighted by Crippen LogP contribution is -2.48. The lowest BCUT2D eigenvalue weighted by atomic mass is 9.91. The summed E-state index contributed by atoms with van der Waals surface area (Å²) in [5, 5.41) is 24.7. The maximum absolute atomic E-state index is 15.8. The molecule has 2 atom stereocenters. The van der Waals surface area contributed by atoms with Gasteiger partial charge < -0.3 is 15.7 Å². The number of hydrogen-bond acceptors (Lipinski definition) is 6. The fraction of sp³-hybridized carbons (Fsp3) is 0.312. The van der Waals surface area contributed by atoms with Gasteiger partial charge in [-0.1, -0.05) is 19.9 Å². The fourth-order valence-corrected chi connectivity index (χ4v) is 5.55. The van der Waals surface area contributed by atoms with Crippen molar-refractivity contribution in [1.82, 2.24) is 35.0 Å². The normalized spacial score (nSPS) is 12.9. The summed E-state index contributed by atoms with van der Waals surface area (Å²) in [6.45, 7) is 7.34. The number of carboxylic acids is 1. The number of carbonyl (C=O) groups excluding carboxylic acids is 2. The van der Waals surface area contributed by atoms with E-state index in [1.54, 1.807) is 42.1 Å². The third kappa shape index (κ3) is 6.14.